The van der Waals surface area contributed by atoms with Gasteiger partial charge in [-0.1, -0.05) is 36.2 Å². The van der Waals surface area contributed by atoms with Crippen molar-refractivity contribution in [1.82, 2.24) is 30.1 Å². The van der Waals surface area contributed by atoms with Gasteiger partial charge in [0.05, 0.1) is 12.2 Å². The number of Topliss-reactive ketones (excluding diaryl/α,β-unsaturated/α-hetero) is 1. The molecule has 1 fully saturated rings. The highest BCUT2D eigenvalue weighted by Gasteiger charge is 2.26. The van der Waals surface area contributed by atoms with Crippen molar-refractivity contribution in [3.8, 4) is 0 Å². The molecule has 2 N–H and O–H groups in total. The lowest BCUT2D eigenvalue weighted by atomic mass is 9.94. The Bertz CT molecular complexity index is 1170. The highest BCUT2D eigenvalue weighted by Crippen LogP contribution is 2.31. The number of amides is 2. The van der Waals surface area contributed by atoms with E-state index < -0.39 is 6.03 Å². The van der Waals surface area contributed by atoms with Crippen molar-refractivity contribution in [3.63, 3.8) is 0 Å². The van der Waals surface area contributed by atoms with Gasteiger partial charge < -0.3 is 10.2 Å². The van der Waals surface area contributed by atoms with Gasteiger partial charge in [-0.3, -0.25) is 10.1 Å². The van der Waals surface area contributed by atoms with E-state index in [0.29, 0.717) is 28.7 Å². The molecule has 35 heavy (non-hydrogen) atoms. The minimum atomic E-state index is -0.421. The molecule has 0 aliphatic heterocycles. The molecule has 0 saturated heterocycles. The van der Waals surface area contributed by atoms with Crippen LogP contribution in [0.25, 0.3) is 0 Å². The summed E-state index contributed by atoms with van der Waals surface area (Å²) in [5.41, 5.74) is 2.10. The summed E-state index contributed by atoms with van der Waals surface area (Å²) in [6.07, 6.45) is 5.74. The largest absolute Gasteiger partial charge is 0.325 e. The highest BCUT2D eigenvalue weighted by molar-refractivity contribution is 7.98. The number of thioether (sulfide) groups is 1. The molecule has 2 aromatic heterocycles. The molecule has 0 bridgehead atoms. The molecule has 0 atom stereocenters. The second-order valence-electron chi connectivity index (χ2n) is 8.88. The van der Waals surface area contributed by atoms with Crippen molar-refractivity contribution in [1.29, 1.82) is 0 Å². The van der Waals surface area contributed by atoms with Crippen molar-refractivity contribution in [3.05, 3.63) is 40.4 Å². The zero-order chi connectivity index (χ0) is 24.8. The molecule has 12 heteroatoms. The molecule has 0 unspecified atom stereocenters. The first-order valence-electron chi connectivity index (χ1n) is 11.6. The van der Waals surface area contributed by atoms with Crippen LogP contribution in [0, 0.1) is 12.8 Å². The summed E-state index contributed by atoms with van der Waals surface area (Å²) < 4.78 is 1.78. The van der Waals surface area contributed by atoms with Crippen molar-refractivity contribution < 1.29 is 9.59 Å². The fourth-order valence-corrected chi connectivity index (χ4v) is 5.66. The summed E-state index contributed by atoms with van der Waals surface area (Å²) in [6, 6.07) is 5.13. The molecule has 1 aliphatic rings. The Morgan fingerprint density at radius 1 is 1.23 bits per heavy atom. The van der Waals surface area contributed by atoms with E-state index >= 15 is 0 Å². The fraction of sp³-hybridized carbons (Fsp3) is 0.478. The smallest absolute Gasteiger partial charge is 0.308 e. The SMILES string of the molecule is Cc1ccc(NC(=O)Nc2ncc(CSc3nnnn3CCN(C)C)s2)c(C(=O)C2CCCC2)c1. The number of likely N-dealkylation sites (N-methyl/N-ethyl adjacent to an activating group) is 1. The summed E-state index contributed by atoms with van der Waals surface area (Å²) in [5, 5.41) is 18.8. The Balaban J connectivity index is 1.34. The number of nitrogens with one attached hydrogen (secondary N) is 2. The maximum atomic E-state index is 13.0. The van der Waals surface area contributed by atoms with E-state index in [9.17, 15) is 9.59 Å². The molecule has 186 valence electrons. The number of rotatable bonds is 10. The number of hydrogen-bond donors (Lipinski definition) is 2. The van der Waals surface area contributed by atoms with Crippen LogP contribution in [0.4, 0.5) is 15.6 Å². The average molecular weight is 515 g/mol. The van der Waals surface area contributed by atoms with Crippen LogP contribution in [0.15, 0.2) is 29.6 Å². The van der Waals surface area contributed by atoms with E-state index in [-0.39, 0.29) is 11.7 Å². The third-order valence-electron chi connectivity index (χ3n) is 5.79. The molecule has 1 aromatic carbocycles. The van der Waals surface area contributed by atoms with Crippen molar-refractivity contribution >= 4 is 45.7 Å². The second kappa shape index (κ2) is 11.7. The zero-order valence-corrected chi connectivity index (χ0v) is 21.8. The monoisotopic (exact) mass is 514 g/mol. The van der Waals surface area contributed by atoms with Crippen molar-refractivity contribution in [2.24, 2.45) is 5.92 Å². The van der Waals surface area contributed by atoms with Crippen molar-refractivity contribution in [2.75, 3.05) is 31.3 Å². The van der Waals surface area contributed by atoms with E-state index in [0.717, 1.165) is 47.8 Å². The van der Waals surface area contributed by atoms with E-state index in [1.807, 2.05) is 33.2 Å². The summed E-state index contributed by atoms with van der Waals surface area (Å²) in [4.78, 5) is 33.1. The number of hydrogen-bond acceptors (Lipinski definition) is 9. The van der Waals surface area contributed by atoms with Crippen LogP contribution >= 0.6 is 23.1 Å². The van der Waals surface area contributed by atoms with Gasteiger partial charge in [0.1, 0.15) is 0 Å². The van der Waals surface area contributed by atoms with Gasteiger partial charge in [0, 0.05) is 34.9 Å². The van der Waals surface area contributed by atoms with Gasteiger partial charge in [-0.25, -0.2) is 14.5 Å². The van der Waals surface area contributed by atoms with Gasteiger partial charge in [-0.05, 0) is 56.4 Å². The van der Waals surface area contributed by atoms with Crippen LogP contribution in [-0.4, -0.2) is 62.5 Å². The molecule has 0 radical (unpaired) electrons. The summed E-state index contributed by atoms with van der Waals surface area (Å²) in [5.74, 6) is 0.799. The Labute approximate surface area is 212 Å². The third kappa shape index (κ3) is 6.86. The first-order valence-corrected chi connectivity index (χ1v) is 13.4. The maximum absolute atomic E-state index is 13.0. The zero-order valence-electron chi connectivity index (χ0n) is 20.2. The second-order valence-corrected chi connectivity index (χ2v) is 10.9. The predicted molar refractivity (Wildman–Crippen MR) is 138 cm³/mol. The molecule has 0 spiro atoms. The molecule has 1 saturated carbocycles. The van der Waals surface area contributed by atoms with Crippen LogP contribution in [0.3, 0.4) is 0 Å². The Morgan fingerprint density at radius 2 is 2.03 bits per heavy atom. The number of nitrogens with zero attached hydrogens (tertiary/aromatic N) is 6. The minimum Gasteiger partial charge on any atom is -0.308 e. The first kappa shape index (κ1) is 25.3. The molecular weight excluding hydrogens is 484 g/mol. The van der Waals surface area contributed by atoms with Gasteiger partial charge in [-0.15, -0.1) is 16.4 Å². The Hall–Kier alpha value is -2.83. The van der Waals surface area contributed by atoms with Crippen LogP contribution < -0.4 is 10.6 Å². The van der Waals surface area contributed by atoms with Crippen LogP contribution in [0.1, 0.15) is 46.5 Å². The molecular formula is C23H30N8O2S2. The predicted octanol–water partition coefficient (Wildman–Crippen LogP) is 4.31. The van der Waals surface area contributed by atoms with E-state index in [1.165, 1.54) is 23.1 Å². The quantitative estimate of drug-likeness (QED) is 0.304. The number of tetrazole rings is 1. The lowest BCUT2D eigenvalue weighted by Gasteiger charge is -2.14. The van der Waals surface area contributed by atoms with Crippen LogP contribution in [0.5, 0.6) is 0 Å². The summed E-state index contributed by atoms with van der Waals surface area (Å²) in [7, 11) is 4.01. The number of benzene rings is 1. The number of aryl methyl sites for hydroxylation is 1. The molecule has 2 amide bonds. The number of carbonyl (C=O) groups excluding carboxylic acids is 2. The topological polar surface area (TPSA) is 118 Å². The highest BCUT2D eigenvalue weighted by atomic mass is 32.2. The summed E-state index contributed by atoms with van der Waals surface area (Å²) in [6.45, 7) is 3.50. The van der Waals surface area contributed by atoms with Gasteiger partial charge in [0.2, 0.25) is 5.16 Å². The normalized spacial score (nSPS) is 13.9. The minimum absolute atomic E-state index is 0.0447. The standard InChI is InChI=1S/C23H30N8O2S2/c1-15-8-9-19(18(12-15)20(32)16-6-4-5-7-16)25-21(33)26-22-24-13-17(35-22)14-34-23-27-28-29-31(23)11-10-30(2)3/h8-9,12-13,16H,4-7,10-11,14H2,1-3H3,(H2,24,25,26,33). The Kier molecular flexibility index (Phi) is 8.47. The summed E-state index contributed by atoms with van der Waals surface area (Å²) >= 11 is 2.92. The lowest BCUT2D eigenvalue weighted by Crippen LogP contribution is -2.22. The van der Waals surface area contributed by atoms with Gasteiger partial charge in [0.25, 0.3) is 0 Å². The van der Waals surface area contributed by atoms with E-state index in [2.05, 4.69) is 36.0 Å². The number of urea groups is 1. The number of carbonyl (C=O) groups is 2. The van der Waals surface area contributed by atoms with E-state index in [4.69, 9.17) is 0 Å². The lowest BCUT2D eigenvalue weighted by molar-refractivity contribution is 0.0923. The molecule has 1 aliphatic carbocycles. The third-order valence-corrected chi connectivity index (χ3v) is 7.89. The van der Waals surface area contributed by atoms with Crippen LogP contribution in [0.2, 0.25) is 0 Å². The van der Waals surface area contributed by atoms with Gasteiger partial charge in [-0.2, -0.15) is 0 Å². The first-order chi connectivity index (χ1) is 16.9. The molecule has 3 aromatic rings. The van der Waals surface area contributed by atoms with Crippen LogP contribution in [-0.2, 0) is 12.3 Å². The number of ketones is 1. The van der Waals surface area contributed by atoms with E-state index in [1.54, 1.807) is 16.9 Å². The Morgan fingerprint density at radius 3 is 2.80 bits per heavy atom. The van der Waals surface area contributed by atoms with Gasteiger partial charge in [0.15, 0.2) is 10.9 Å². The number of thiazole rings is 1. The molecule has 4 rings (SSSR count). The maximum Gasteiger partial charge on any atom is 0.325 e. The molecule has 2 heterocycles. The van der Waals surface area contributed by atoms with Crippen molar-refractivity contribution in [2.45, 2.75) is 50.1 Å². The van der Waals surface area contributed by atoms with Gasteiger partial charge >= 0.3 is 6.03 Å². The molecule has 10 nitrogen and oxygen atoms in total. The number of anilines is 2. The fourth-order valence-electron chi connectivity index (χ4n) is 3.93. The number of aromatic nitrogens is 5. The average Bonchev–Trinajstić information content (AvgIpc) is 3.59.